The first-order valence-corrected chi connectivity index (χ1v) is 10.8. The summed E-state index contributed by atoms with van der Waals surface area (Å²) in [6.45, 7) is 6.78. The van der Waals surface area contributed by atoms with Gasteiger partial charge in [-0.3, -0.25) is 4.79 Å². The van der Waals surface area contributed by atoms with Crippen LogP contribution in [0.15, 0.2) is 48.5 Å². The molecule has 0 atom stereocenters. The molecule has 0 saturated carbocycles. The minimum absolute atomic E-state index is 0.131. The average Bonchev–Trinajstić information content (AvgIpc) is 3.10. The Hall–Kier alpha value is -2.43. The summed E-state index contributed by atoms with van der Waals surface area (Å²) in [5, 5.41) is 8.92. The molecule has 0 bridgehead atoms. The number of ketones is 1. The lowest BCUT2D eigenvalue weighted by atomic mass is 10.0. The van der Waals surface area contributed by atoms with Crippen molar-refractivity contribution in [1.29, 1.82) is 0 Å². The highest BCUT2D eigenvalue weighted by molar-refractivity contribution is 7.14. The number of carbonyl (C=O) groups excluding carboxylic acids is 1. The second kappa shape index (κ2) is 9.86. The molecule has 1 N–H and O–H groups in total. The van der Waals surface area contributed by atoms with Gasteiger partial charge in [0.2, 0.25) is 0 Å². The Labute approximate surface area is 177 Å². The lowest BCUT2D eigenvalue weighted by Gasteiger charge is -2.13. The Balaban J connectivity index is 1.67. The Kier molecular flexibility index (Phi) is 7.24. The third-order valence-electron chi connectivity index (χ3n) is 4.99. The van der Waals surface area contributed by atoms with Gasteiger partial charge in [0.1, 0.15) is 5.75 Å². The fourth-order valence-corrected chi connectivity index (χ4v) is 4.56. The molecule has 0 unspecified atom stereocenters. The van der Waals surface area contributed by atoms with Gasteiger partial charge in [-0.2, -0.15) is 0 Å². The Morgan fingerprint density at radius 3 is 2.38 bits per heavy atom. The van der Waals surface area contributed by atoms with Crippen molar-refractivity contribution in [2.75, 3.05) is 13.2 Å². The fourth-order valence-electron chi connectivity index (χ4n) is 3.56. The summed E-state index contributed by atoms with van der Waals surface area (Å²) in [7, 11) is 0. The van der Waals surface area contributed by atoms with E-state index in [1.54, 1.807) is 11.3 Å². The van der Waals surface area contributed by atoms with E-state index in [0.717, 1.165) is 44.9 Å². The quantitative estimate of drug-likeness (QED) is 0.353. The van der Waals surface area contributed by atoms with Crippen molar-refractivity contribution >= 4 is 17.1 Å². The van der Waals surface area contributed by atoms with Gasteiger partial charge < -0.3 is 9.84 Å². The summed E-state index contributed by atoms with van der Waals surface area (Å²) in [6.07, 6.45) is 1.84. The largest absolute Gasteiger partial charge is 0.493 e. The van der Waals surface area contributed by atoms with Crippen LogP contribution in [-0.4, -0.2) is 24.1 Å². The summed E-state index contributed by atoms with van der Waals surface area (Å²) in [6, 6.07) is 16.5. The number of ether oxygens (including phenoxy) is 1. The molecule has 0 spiro atoms. The van der Waals surface area contributed by atoms with E-state index in [4.69, 9.17) is 9.84 Å². The second-order valence-corrected chi connectivity index (χ2v) is 8.61. The topological polar surface area (TPSA) is 46.5 Å². The average molecular weight is 409 g/mol. The SMILES string of the molecule is Cc1cc(CCC(=O)c2cc(-c3ccccc3)c(C)s2)cc(C)c1OCCCO. The minimum atomic E-state index is 0.131. The van der Waals surface area contributed by atoms with Gasteiger partial charge in [-0.05, 0) is 61.1 Å². The zero-order valence-corrected chi connectivity index (χ0v) is 18.1. The number of aryl methyl sites for hydroxylation is 4. The lowest BCUT2D eigenvalue weighted by Crippen LogP contribution is -2.04. The highest BCUT2D eigenvalue weighted by atomic mass is 32.1. The van der Waals surface area contributed by atoms with Gasteiger partial charge in [-0.1, -0.05) is 42.5 Å². The smallest absolute Gasteiger partial charge is 0.173 e. The normalized spacial score (nSPS) is 10.9. The van der Waals surface area contributed by atoms with Gasteiger partial charge in [-0.25, -0.2) is 0 Å². The minimum Gasteiger partial charge on any atom is -0.493 e. The van der Waals surface area contributed by atoms with Crippen LogP contribution in [0.25, 0.3) is 11.1 Å². The second-order valence-electron chi connectivity index (χ2n) is 7.35. The molecule has 3 aromatic rings. The third kappa shape index (κ3) is 5.34. The van der Waals surface area contributed by atoms with E-state index in [2.05, 4.69) is 31.2 Å². The summed E-state index contributed by atoms with van der Waals surface area (Å²) in [4.78, 5) is 14.8. The van der Waals surface area contributed by atoms with Gasteiger partial charge in [0.25, 0.3) is 0 Å². The first-order chi connectivity index (χ1) is 14.0. The zero-order chi connectivity index (χ0) is 20.8. The van der Waals surface area contributed by atoms with Gasteiger partial charge in [0, 0.05) is 24.3 Å². The highest BCUT2D eigenvalue weighted by Gasteiger charge is 2.14. The van der Waals surface area contributed by atoms with Crippen molar-refractivity contribution in [3.05, 3.63) is 75.0 Å². The molecule has 0 aliphatic heterocycles. The number of aliphatic hydroxyl groups is 1. The molecule has 29 heavy (non-hydrogen) atoms. The van der Waals surface area contributed by atoms with Crippen LogP contribution in [0.4, 0.5) is 0 Å². The molecule has 0 amide bonds. The summed E-state index contributed by atoms with van der Waals surface area (Å²) < 4.78 is 5.79. The predicted octanol–water partition coefficient (Wildman–Crippen LogP) is 5.92. The standard InChI is InChI=1S/C25H28O3S/c1-17-14-20(15-18(2)25(17)28-13-7-12-26)10-11-23(27)24-16-22(19(3)29-24)21-8-5-4-6-9-21/h4-6,8-9,14-16,26H,7,10-13H2,1-3H3. The lowest BCUT2D eigenvalue weighted by molar-refractivity contribution is 0.0986. The van der Waals surface area contributed by atoms with E-state index < -0.39 is 0 Å². The molecule has 0 aliphatic carbocycles. The molecule has 3 nitrogen and oxygen atoms in total. The molecule has 1 aromatic heterocycles. The molecule has 0 saturated heterocycles. The fraction of sp³-hybridized carbons (Fsp3) is 0.320. The predicted molar refractivity (Wildman–Crippen MR) is 120 cm³/mol. The van der Waals surface area contributed by atoms with Crippen LogP contribution in [0, 0.1) is 20.8 Å². The van der Waals surface area contributed by atoms with E-state index >= 15 is 0 Å². The van der Waals surface area contributed by atoms with Crippen LogP contribution < -0.4 is 4.74 Å². The van der Waals surface area contributed by atoms with Gasteiger partial charge >= 0.3 is 0 Å². The van der Waals surface area contributed by atoms with Crippen molar-refractivity contribution in [3.63, 3.8) is 0 Å². The van der Waals surface area contributed by atoms with Crippen molar-refractivity contribution < 1.29 is 14.6 Å². The van der Waals surface area contributed by atoms with Crippen LogP contribution >= 0.6 is 11.3 Å². The number of hydrogen-bond donors (Lipinski definition) is 1. The molecule has 0 aliphatic rings. The highest BCUT2D eigenvalue weighted by Crippen LogP contribution is 2.32. The van der Waals surface area contributed by atoms with E-state index in [9.17, 15) is 4.79 Å². The third-order valence-corrected chi connectivity index (χ3v) is 6.08. The molecule has 0 radical (unpaired) electrons. The number of carbonyl (C=O) groups is 1. The van der Waals surface area contributed by atoms with Crippen LogP contribution in [0.2, 0.25) is 0 Å². The first-order valence-electron chi connectivity index (χ1n) is 10.0. The van der Waals surface area contributed by atoms with Gasteiger partial charge in [0.05, 0.1) is 11.5 Å². The number of rotatable bonds is 9. The van der Waals surface area contributed by atoms with E-state index in [-0.39, 0.29) is 12.4 Å². The van der Waals surface area contributed by atoms with Crippen molar-refractivity contribution in [3.8, 4) is 16.9 Å². The summed E-state index contributed by atoms with van der Waals surface area (Å²) in [5.74, 6) is 1.08. The molecule has 1 heterocycles. The Morgan fingerprint density at radius 1 is 1.03 bits per heavy atom. The molecule has 4 heteroatoms. The molecular weight excluding hydrogens is 380 g/mol. The molecule has 2 aromatic carbocycles. The zero-order valence-electron chi connectivity index (χ0n) is 17.3. The maximum Gasteiger partial charge on any atom is 0.173 e. The molecular formula is C25H28O3S. The van der Waals surface area contributed by atoms with Crippen LogP contribution in [-0.2, 0) is 6.42 Å². The Morgan fingerprint density at radius 2 is 1.72 bits per heavy atom. The Bertz CT molecular complexity index is 950. The summed E-state index contributed by atoms with van der Waals surface area (Å²) >= 11 is 1.58. The van der Waals surface area contributed by atoms with Gasteiger partial charge in [-0.15, -0.1) is 11.3 Å². The van der Waals surface area contributed by atoms with Crippen molar-refractivity contribution in [2.45, 2.75) is 40.0 Å². The molecule has 152 valence electrons. The number of benzene rings is 2. The summed E-state index contributed by atoms with van der Waals surface area (Å²) in [5.41, 5.74) is 5.60. The van der Waals surface area contributed by atoms with Crippen molar-refractivity contribution in [2.24, 2.45) is 0 Å². The first kappa shape index (κ1) is 21.3. The maximum absolute atomic E-state index is 12.8. The number of thiophene rings is 1. The molecule has 3 rings (SSSR count). The van der Waals surface area contributed by atoms with Gasteiger partial charge in [0.15, 0.2) is 5.78 Å². The van der Waals surface area contributed by atoms with E-state index in [0.29, 0.717) is 19.4 Å². The number of aliphatic hydroxyl groups excluding tert-OH is 1. The maximum atomic E-state index is 12.8. The number of Topliss-reactive ketones (excluding diaryl/α,β-unsaturated/α-hetero) is 1. The monoisotopic (exact) mass is 408 g/mol. The molecule has 0 fully saturated rings. The van der Waals surface area contributed by atoms with Crippen LogP contribution in [0.1, 0.15) is 44.1 Å². The van der Waals surface area contributed by atoms with Crippen LogP contribution in [0.5, 0.6) is 5.75 Å². The van der Waals surface area contributed by atoms with E-state index in [1.165, 1.54) is 4.88 Å². The van der Waals surface area contributed by atoms with E-state index in [1.807, 2.05) is 38.1 Å². The van der Waals surface area contributed by atoms with Crippen LogP contribution in [0.3, 0.4) is 0 Å². The number of hydrogen-bond acceptors (Lipinski definition) is 4. The van der Waals surface area contributed by atoms with Crippen molar-refractivity contribution in [1.82, 2.24) is 0 Å².